The van der Waals surface area contributed by atoms with Gasteiger partial charge < -0.3 is 9.15 Å². The number of carbonyl (C=O) groups excluding carboxylic acids is 1. The number of fused-ring (bicyclic) bond motifs is 1. The molecular formula is C13H14O3. The third-order valence-electron chi connectivity index (χ3n) is 2.69. The number of aryl methyl sites for hydroxylation is 2. The average molecular weight is 218 g/mol. The Morgan fingerprint density at radius 3 is 2.81 bits per heavy atom. The second-order valence-corrected chi connectivity index (χ2v) is 3.71. The zero-order chi connectivity index (χ0) is 11.7. The summed E-state index contributed by atoms with van der Waals surface area (Å²) < 4.78 is 10.5. The fourth-order valence-corrected chi connectivity index (χ4v) is 1.69. The van der Waals surface area contributed by atoms with Crippen molar-refractivity contribution in [3.05, 3.63) is 35.1 Å². The summed E-state index contributed by atoms with van der Waals surface area (Å²) in [6.07, 6.45) is 0. The van der Waals surface area contributed by atoms with Gasteiger partial charge in [-0.25, -0.2) is 4.79 Å². The predicted molar refractivity (Wildman–Crippen MR) is 61.6 cm³/mol. The van der Waals surface area contributed by atoms with Gasteiger partial charge in [-0.1, -0.05) is 0 Å². The van der Waals surface area contributed by atoms with Crippen molar-refractivity contribution in [1.82, 2.24) is 0 Å². The number of furan rings is 1. The van der Waals surface area contributed by atoms with Gasteiger partial charge in [0.2, 0.25) is 0 Å². The average Bonchev–Trinajstić information content (AvgIpc) is 2.55. The molecule has 0 amide bonds. The molecule has 16 heavy (non-hydrogen) atoms. The van der Waals surface area contributed by atoms with E-state index in [-0.39, 0.29) is 5.97 Å². The smallest absolute Gasteiger partial charge is 0.338 e. The van der Waals surface area contributed by atoms with Crippen LogP contribution in [0.25, 0.3) is 11.0 Å². The van der Waals surface area contributed by atoms with Crippen molar-refractivity contribution < 1.29 is 13.9 Å². The first-order valence-electron chi connectivity index (χ1n) is 5.30. The Morgan fingerprint density at radius 2 is 2.12 bits per heavy atom. The summed E-state index contributed by atoms with van der Waals surface area (Å²) in [4.78, 5) is 11.5. The van der Waals surface area contributed by atoms with Crippen LogP contribution in [-0.2, 0) is 4.74 Å². The highest BCUT2D eigenvalue weighted by Gasteiger charge is 2.11. The van der Waals surface area contributed by atoms with Gasteiger partial charge in [0.15, 0.2) is 0 Å². The largest absolute Gasteiger partial charge is 0.462 e. The zero-order valence-electron chi connectivity index (χ0n) is 9.66. The SMILES string of the molecule is CCOC(=O)c1ccc2c(C)c(C)oc2c1. The van der Waals surface area contributed by atoms with Gasteiger partial charge in [0, 0.05) is 5.39 Å². The molecule has 3 heteroatoms. The second-order valence-electron chi connectivity index (χ2n) is 3.71. The summed E-state index contributed by atoms with van der Waals surface area (Å²) >= 11 is 0. The quantitative estimate of drug-likeness (QED) is 0.726. The van der Waals surface area contributed by atoms with Gasteiger partial charge in [-0.15, -0.1) is 0 Å². The van der Waals surface area contributed by atoms with Crippen LogP contribution in [0.3, 0.4) is 0 Å². The van der Waals surface area contributed by atoms with Crippen molar-refractivity contribution in [1.29, 1.82) is 0 Å². The number of benzene rings is 1. The van der Waals surface area contributed by atoms with E-state index in [1.807, 2.05) is 19.9 Å². The molecule has 0 radical (unpaired) electrons. The summed E-state index contributed by atoms with van der Waals surface area (Å²) in [6.45, 7) is 6.09. The first kappa shape index (κ1) is 10.7. The van der Waals surface area contributed by atoms with E-state index in [0.717, 1.165) is 22.3 Å². The molecule has 0 atom stereocenters. The van der Waals surface area contributed by atoms with Crippen LogP contribution in [0.15, 0.2) is 22.6 Å². The van der Waals surface area contributed by atoms with Crippen molar-refractivity contribution in [2.24, 2.45) is 0 Å². The maximum atomic E-state index is 11.5. The van der Waals surface area contributed by atoms with E-state index >= 15 is 0 Å². The molecule has 2 rings (SSSR count). The molecule has 0 fully saturated rings. The molecule has 0 unspecified atom stereocenters. The molecule has 0 bridgehead atoms. The number of hydrogen-bond acceptors (Lipinski definition) is 3. The lowest BCUT2D eigenvalue weighted by Gasteiger charge is -2.00. The Labute approximate surface area is 94.0 Å². The van der Waals surface area contributed by atoms with Crippen LogP contribution in [0.1, 0.15) is 28.6 Å². The molecule has 84 valence electrons. The number of rotatable bonds is 2. The van der Waals surface area contributed by atoms with E-state index in [4.69, 9.17) is 9.15 Å². The van der Waals surface area contributed by atoms with Gasteiger partial charge in [0.05, 0.1) is 12.2 Å². The van der Waals surface area contributed by atoms with Crippen LogP contribution in [-0.4, -0.2) is 12.6 Å². The summed E-state index contributed by atoms with van der Waals surface area (Å²) in [5, 5.41) is 1.05. The normalized spacial score (nSPS) is 10.7. The van der Waals surface area contributed by atoms with Crippen molar-refractivity contribution in [2.45, 2.75) is 20.8 Å². The Bertz CT molecular complexity index is 537. The summed E-state index contributed by atoms with van der Waals surface area (Å²) in [5.74, 6) is 0.576. The van der Waals surface area contributed by atoms with Gasteiger partial charge in [0.25, 0.3) is 0 Å². The summed E-state index contributed by atoms with van der Waals surface area (Å²) in [6, 6.07) is 5.39. The fraction of sp³-hybridized carbons (Fsp3) is 0.308. The minimum absolute atomic E-state index is 0.309. The monoisotopic (exact) mass is 218 g/mol. The second kappa shape index (κ2) is 4.00. The Hall–Kier alpha value is -1.77. The van der Waals surface area contributed by atoms with Crippen LogP contribution >= 0.6 is 0 Å². The third-order valence-corrected chi connectivity index (χ3v) is 2.69. The van der Waals surface area contributed by atoms with Crippen molar-refractivity contribution in [3.8, 4) is 0 Å². The van der Waals surface area contributed by atoms with Crippen LogP contribution in [0.5, 0.6) is 0 Å². The summed E-state index contributed by atoms with van der Waals surface area (Å²) in [7, 11) is 0. The third kappa shape index (κ3) is 1.69. The number of hydrogen-bond donors (Lipinski definition) is 0. The zero-order valence-corrected chi connectivity index (χ0v) is 9.66. The van der Waals surface area contributed by atoms with Crippen LogP contribution in [0, 0.1) is 13.8 Å². The first-order chi connectivity index (χ1) is 7.63. The van der Waals surface area contributed by atoms with Crippen LogP contribution in [0.2, 0.25) is 0 Å². The lowest BCUT2D eigenvalue weighted by molar-refractivity contribution is 0.0526. The molecule has 0 saturated carbocycles. The van der Waals surface area contributed by atoms with E-state index < -0.39 is 0 Å². The first-order valence-corrected chi connectivity index (χ1v) is 5.30. The molecule has 2 aromatic rings. The number of ether oxygens (including phenoxy) is 1. The minimum atomic E-state index is -0.309. The fourth-order valence-electron chi connectivity index (χ4n) is 1.69. The number of esters is 1. The molecule has 0 aliphatic rings. The molecule has 0 N–H and O–H groups in total. The molecule has 0 saturated heterocycles. The lowest BCUT2D eigenvalue weighted by atomic mass is 10.1. The van der Waals surface area contributed by atoms with Crippen LogP contribution < -0.4 is 0 Å². The lowest BCUT2D eigenvalue weighted by Crippen LogP contribution is -2.03. The molecule has 0 aliphatic carbocycles. The van der Waals surface area contributed by atoms with E-state index in [1.165, 1.54) is 0 Å². The van der Waals surface area contributed by atoms with Gasteiger partial charge in [-0.05, 0) is 44.5 Å². The van der Waals surface area contributed by atoms with E-state index in [9.17, 15) is 4.79 Å². The number of carbonyl (C=O) groups is 1. The molecular weight excluding hydrogens is 204 g/mol. The van der Waals surface area contributed by atoms with Crippen molar-refractivity contribution in [2.75, 3.05) is 6.61 Å². The molecule has 0 aliphatic heterocycles. The van der Waals surface area contributed by atoms with Gasteiger partial charge in [-0.2, -0.15) is 0 Å². The molecule has 0 spiro atoms. The predicted octanol–water partition coefficient (Wildman–Crippen LogP) is 3.23. The van der Waals surface area contributed by atoms with Gasteiger partial charge >= 0.3 is 5.97 Å². The van der Waals surface area contributed by atoms with Crippen LogP contribution in [0.4, 0.5) is 0 Å². The Balaban J connectivity index is 2.48. The molecule has 1 aromatic carbocycles. The maximum absolute atomic E-state index is 11.5. The highest BCUT2D eigenvalue weighted by Crippen LogP contribution is 2.25. The highest BCUT2D eigenvalue weighted by molar-refractivity contribution is 5.94. The van der Waals surface area contributed by atoms with E-state index in [2.05, 4.69) is 0 Å². The molecule has 1 aromatic heterocycles. The molecule has 1 heterocycles. The van der Waals surface area contributed by atoms with Gasteiger partial charge in [0.1, 0.15) is 11.3 Å². The topological polar surface area (TPSA) is 39.4 Å². The van der Waals surface area contributed by atoms with Crippen molar-refractivity contribution >= 4 is 16.9 Å². The Morgan fingerprint density at radius 1 is 1.38 bits per heavy atom. The van der Waals surface area contributed by atoms with Gasteiger partial charge in [-0.3, -0.25) is 0 Å². The van der Waals surface area contributed by atoms with E-state index in [1.54, 1.807) is 19.1 Å². The Kier molecular flexibility index (Phi) is 2.69. The minimum Gasteiger partial charge on any atom is -0.462 e. The van der Waals surface area contributed by atoms with Crippen molar-refractivity contribution in [3.63, 3.8) is 0 Å². The highest BCUT2D eigenvalue weighted by atomic mass is 16.5. The van der Waals surface area contributed by atoms with E-state index in [0.29, 0.717) is 12.2 Å². The molecule has 3 nitrogen and oxygen atoms in total. The maximum Gasteiger partial charge on any atom is 0.338 e. The standard InChI is InChI=1S/C13H14O3/c1-4-15-13(14)10-5-6-11-8(2)9(3)16-12(11)7-10/h5-7H,4H2,1-3H3. The summed E-state index contributed by atoms with van der Waals surface area (Å²) in [5.41, 5.74) is 2.38.